The molecule has 0 saturated carbocycles. The molecule has 0 radical (unpaired) electrons. The molecule has 0 saturated heterocycles. The first kappa shape index (κ1) is 12.1. The molecule has 0 N–H and O–H groups in total. The molecule has 2 aromatic heterocycles. The van der Waals surface area contributed by atoms with Crippen LogP contribution in [0.3, 0.4) is 0 Å². The third-order valence-electron chi connectivity index (χ3n) is 3.08. The van der Waals surface area contributed by atoms with Crippen LogP contribution in [0.15, 0.2) is 61.1 Å². The summed E-state index contributed by atoms with van der Waals surface area (Å²) in [5.74, 6) is 0. The van der Waals surface area contributed by atoms with E-state index in [2.05, 4.69) is 16.0 Å². The predicted octanol–water partition coefficient (Wildman–Crippen LogP) is 3.69. The summed E-state index contributed by atoms with van der Waals surface area (Å²) < 4.78 is 0. The van der Waals surface area contributed by atoms with E-state index in [0.717, 1.165) is 22.0 Å². The van der Waals surface area contributed by atoms with E-state index in [0.29, 0.717) is 5.57 Å². The maximum atomic E-state index is 9.35. The maximum Gasteiger partial charge on any atom is 0.0998 e. The monoisotopic (exact) mass is 257 g/mol. The summed E-state index contributed by atoms with van der Waals surface area (Å²) in [4.78, 5) is 8.38. The van der Waals surface area contributed by atoms with Gasteiger partial charge in [0.1, 0.15) is 0 Å². The van der Waals surface area contributed by atoms with Crippen LogP contribution < -0.4 is 0 Å². The topological polar surface area (TPSA) is 49.6 Å². The Kier molecular flexibility index (Phi) is 3.22. The Morgan fingerprint density at radius 2 is 1.95 bits per heavy atom. The molecule has 0 amide bonds. The number of nitrogens with zero attached hydrogens (tertiary/aromatic N) is 3. The number of aromatic nitrogens is 2. The summed E-state index contributed by atoms with van der Waals surface area (Å²) in [5, 5.41) is 10.4. The van der Waals surface area contributed by atoms with Crippen LogP contribution in [0.5, 0.6) is 0 Å². The lowest BCUT2D eigenvalue weighted by atomic mass is 10.0. The van der Waals surface area contributed by atoms with E-state index in [1.165, 1.54) is 0 Å². The highest BCUT2D eigenvalue weighted by Crippen LogP contribution is 2.22. The lowest BCUT2D eigenvalue weighted by Gasteiger charge is -2.03. The Bertz CT molecular complexity index is 809. The van der Waals surface area contributed by atoms with Gasteiger partial charge in [0.2, 0.25) is 0 Å². The minimum absolute atomic E-state index is 0.592. The molecule has 0 atom stereocenters. The number of nitriles is 1. The molecule has 94 valence electrons. The van der Waals surface area contributed by atoms with Crippen LogP contribution in [-0.4, -0.2) is 9.97 Å². The summed E-state index contributed by atoms with van der Waals surface area (Å²) >= 11 is 0. The maximum absolute atomic E-state index is 9.35. The highest BCUT2D eigenvalue weighted by atomic mass is 14.6. The summed E-state index contributed by atoms with van der Waals surface area (Å²) in [5.41, 5.74) is 3.31. The zero-order valence-corrected chi connectivity index (χ0v) is 10.7. The smallest absolute Gasteiger partial charge is 0.0998 e. The van der Waals surface area contributed by atoms with Gasteiger partial charge in [0.15, 0.2) is 0 Å². The standard InChI is InChI=1S/C17H11N3/c18-11-15(14-4-3-8-19-12-14)10-13-7-9-20-17-6-2-1-5-16(13)17/h1-10,12H. The Labute approximate surface area is 116 Å². The quantitative estimate of drug-likeness (QED) is 0.658. The summed E-state index contributed by atoms with van der Waals surface area (Å²) in [6.45, 7) is 0. The molecule has 20 heavy (non-hydrogen) atoms. The van der Waals surface area contributed by atoms with Crippen molar-refractivity contribution in [1.82, 2.24) is 9.97 Å². The molecule has 0 spiro atoms. The number of hydrogen-bond donors (Lipinski definition) is 0. The van der Waals surface area contributed by atoms with Crippen molar-refractivity contribution in [3.8, 4) is 6.07 Å². The average molecular weight is 257 g/mol. The van der Waals surface area contributed by atoms with E-state index in [9.17, 15) is 5.26 Å². The van der Waals surface area contributed by atoms with Crippen LogP contribution in [-0.2, 0) is 0 Å². The highest BCUT2D eigenvalue weighted by Gasteiger charge is 2.03. The molecule has 2 heterocycles. The minimum Gasteiger partial charge on any atom is -0.264 e. The second kappa shape index (κ2) is 5.33. The van der Waals surface area contributed by atoms with Gasteiger partial charge in [-0.3, -0.25) is 9.97 Å². The zero-order chi connectivity index (χ0) is 13.8. The minimum atomic E-state index is 0.592. The van der Waals surface area contributed by atoms with Gasteiger partial charge in [0, 0.05) is 29.5 Å². The van der Waals surface area contributed by atoms with Crippen molar-refractivity contribution < 1.29 is 0 Å². The fourth-order valence-electron chi connectivity index (χ4n) is 2.10. The van der Waals surface area contributed by atoms with E-state index in [1.807, 2.05) is 48.5 Å². The van der Waals surface area contributed by atoms with Gasteiger partial charge in [-0.25, -0.2) is 0 Å². The van der Waals surface area contributed by atoms with Gasteiger partial charge in [-0.05, 0) is 29.8 Å². The van der Waals surface area contributed by atoms with Crippen LogP contribution in [0.4, 0.5) is 0 Å². The zero-order valence-electron chi connectivity index (χ0n) is 10.7. The average Bonchev–Trinajstić information content (AvgIpc) is 2.53. The SMILES string of the molecule is N#CC(=Cc1ccnc2ccccc12)c1cccnc1. The molecule has 0 unspecified atom stereocenters. The molecule has 0 aliphatic heterocycles. The molecule has 0 bridgehead atoms. The first-order chi connectivity index (χ1) is 9.88. The molecule has 3 heteroatoms. The fraction of sp³-hybridized carbons (Fsp3) is 0. The van der Waals surface area contributed by atoms with Crippen LogP contribution in [0.1, 0.15) is 11.1 Å². The van der Waals surface area contributed by atoms with Crippen molar-refractivity contribution in [3.05, 3.63) is 72.2 Å². The van der Waals surface area contributed by atoms with E-state index >= 15 is 0 Å². The van der Waals surface area contributed by atoms with Crippen molar-refractivity contribution in [2.45, 2.75) is 0 Å². The van der Waals surface area contributed by atoms with Crippen LogP contribution in [0, 0.1) is 11.3 Å². The molecule has 3 aromatic rings. The molecule has 1 aromatic carbocycles. The number of benzene rings is 1. The summed E-state index contributed by atoms with van der Waals surface area (Å²) in [6.07, 6.45) is 7.02. The lowest BCUT2D eigenvalue weighted by molar-refractivity contribution is 1.31. The van der Waals surface area contributed by atoms with E-state index in [-0.39, 0.29) is 0 Å². The van der Waals surface area contributed by atoms with Gasteiger partial charge in [0.25, 0.3) is 0 Å². The van der Waals surface area contributed by atoms with Gasteiger partial charge in [0.05, 0.1) is 17.2 Å². The van der Waals surface area contributed by atoms with Crippen molar-refractivity contribution in [2.24, 2.45) is 0 Å². The highest BCUT2D eigenvalue weighted by molar-refractivity contribution is 5.96. The molecule has 0 fully saturated rings. The van der Waals surface area contributed by atoms with Crippen molar-refractivity contribution in [1.29, 1.82) is 5.26 Å². The van der Waals surface area contributed by atoms with Crippen molar-refractivity contribution >= 4 is 22.6 Å². The Morgan fingerprint density at radius 1 is 1.05 bits per heavy atom. The van der Waals surface area contributed by atoms with Gasteiger partial charge < -0.3 is 0 Å². The lowest BCUT2D eigenvalue weighted by Crippen LogP contribution is -1.85. The molecule has 0 aliphatic rings. The Balaban J connectivity index is 2.16. The van der Waals surface area contributed by atoms with Gasteiger partial charge >= 0.3 is 0 Å². The number of para-hydroxylation sites is 1. The van der Waals surface area contributed by atoms with Gasteiger partial charge in [-0.2, -0.15) is 5.26 Å². The molecule has 3 rings (SSSR count). The van der Waals surface area contributed by atoms with E-state index in [4.69, 9.17) is 0 Å². The first-order valence-electron chi connectivity index (χ1n) is 6.24. The Morgan fingerprint density at radius 3 is 2.75 bits per heavy atom. The fourth-order valence-corrected chi connectivity index (χ4v) is 2.10. The van der Waals surface area contributed by atoms with E-state index < -0.39 is 0 Å². The number of hydrogen-bond acceptors (Lipinski definition) is 3. The first-order valence-corrected chi connectivity index (χ1v) is 6.24. The predicted molar refractivity (Wildman–Crippen MR) is 79.5 cm³/mol. The largest absolute Gasteiger partial charge is 0.264 e. The normalized spacial score (nSPS) is 11.2. The number of pyridine rings is 2. The molecular weight excluding hydrogens is 246 g/mol. The third kappa shape index (κ3) is 2.27. The van der Waals surface area contributed by atoms with Gasteiger partial charge in [-0.1, -0.05) is 24.3 Å². The number of rotatable bonds is 2. The second-order valence-corrected chi connectivity index (χ2v) is 4.33. The third-order valence-corrected chi connectivity index (χ3v) is 3.08. The van der Waals surface area contributed by atoms with Gasteiger partial charge in [-0.15, -0.1) is 0 Å². The molecule has 0 aliphatic carbocycles. The molecular formula is C17H11N3. The van der Waals surface area contributed by atoms with Crippen molar-refractivity contribution in [3.63, 3.8) is 0 Å². The van der Waals surface area contributed by atoms with Crippen LogP contribution in [0.2, 0.25) is 0 Å². The molecule has 3 nitrogen and oxygen atoms in total. The number of allylic oxidation sites excluding steroid dienone is 1. The van der Waals surface area contributed by atoms with E-state index in [1.54, 1.807) is 18.6 Å². The number of fused-ring (bicyclic) bond motifs is 1. The van der Waals surface area contributed by atoms with Crippen LogP contribution in [0.25, 0.3) is 22.6 Å². The van der Waals surface area contributed by atoms with Crippen LogP contribution >= 0.6 is 0 Å². The summed E-state index contributed by atoms with van der Waals surface area (Å²) in [6, 6.07) is 15.7. The Hall–Kier alpha value is -2.99. The summed E-state index contributed by atoms with van der Waals surface area (Å²) in [7, 11) is 0. The van der Waals surface area contributed by atoms with Crippen molar-refractivity contribution in [2.75, 3.05) is 0 Å². The second-order valence-electron chi connectivity index (χ2n) is 4.33.